The first-order chi connectivity index (χ1) is 6.74. The van der Waals surface area contributed by atoms with Crippen LogP contribution in [0.15, 0.2) is 0 Å². The summed E-state index contributed by atoms with van der Waals surface area (Å²) in [6.45, 7) is 2.78. The van der Waals surface area contributed by atoms with Gasteiger partial charge in [-0.3, -0.25) is 9.69 Å². The van der Waals surface area contributed by atoms with E-state index in [1.54, 1.807) is 6.92 Å². The summed E-state index contributed by atoms with van der Waals surface area (Å²) in [4.78, 5) is 13.2. The fourth-order valence-electron chi connectivity index (χ4n) is 2.20. The van der Waals surface area contributed by atoms with Gasteiger partial charge in [-0.25, -0.2) is 4.39 Å². The third-order valence-electron chi connectivity index (χ3n) is 2.89. The Morgan fingerprint density at radius 3 is 2.86 bits per heavy atom. The van der Waals surface area contributed by atoms with Crippen molar-refractivity contribution >= 4 is 5.78 Å². The predicted octanol–water partition coefficient (Wildman–Crippen LogP) is 2.18. The molecule has 1 saturated heterocycles. The van der Waals surface area contributed by atoms with Crippen molar-refractivity contribution in [3.05, 3.63) is 0 Å². The summed E-state index contributed by atoms with van der Waals surface area (Å²) in [5.74, 6) is 0.223. The molecule has 1 rings (SSSR count). The first-order valence-corrected chi connectivity index (χ1v) is 5.53. The van der Waals surface area contributed by atoms with Crippen LogP contribution in [0.2, 0.25) is 0 Å². The summed E-state index contributed by atoms with van der Waals surface area (Å²) in [5, 5.41) is 0. The third-order valence-corrected chi connectivity index (χ3v) is 2.89. The summed E-state index contributed by atoms with van der Waals surface area (Å²) in [5.41, 5.74) is 0. The molecule has 2 nitrogen and oxygen atoms in total. The van der Waals surface area contributed by atoms with Crippen molar-refractivity contribution in [1.82, 2.24) is 4.90 Å². The van der Waals surface area contributed by atoms with E-state index in [-0.39, 0.29) is 12.5 Å². The second kappa shape index (κ2) is 6.12. The molecule has 0 aliphatic carbocycles. The van der Waals surface area contributed by atoms with Crippen molar-refractivity contribution in [2.24, 2.45) is 0 Å². The fraction of sp³-hybridized carbons (Fsp3) is 0.909. The second-order valence-electron chi connectivity index (χ2n) is 4.13. The zero-order valence-corrected chi connectivity index (χ0v) is 8.97. The first kappa shape index (κ1) is 11.6. The molecular formula is C11H20FNO. The van der Waals surface area contributed by atoms with Crippen LogP contribution >= 0.6 is 0 Å². The molecule has 0 spiro atoms. The highest BCUT2D eigenvalue weighted by Gasteiger charge is 2.21. The summed E-state index contributed by atoms with van der Waals surface area (Å²) in [6, 6.07) is 0.297. The lowest BCUT2D eigenvalue weighted by atomic mass is 10.0. The lowest BCUT2D eigenvalue weighted by Crippen LogP contribution is -2.37. The number of nitrogens with zero attached hydrogens (tertiary/aromatic N) is 1. The Morgan fingerprint density at radius 1 is 1.43 bits per heavy atom. The molecule has 0 aromatic rings. The average Bonchev–Trinajstić information content (AvgIpc) is 2.32. The van der Waals surface area contributed by atoms with E-state index >= 15 is 0 Å². The van der Waals surface area contributed by atoms with Gasteiger partial charge in [0.2, 0.25) is 0 Å². The number of likely N-dealkylation sites (tertiary alicyclic amines) is 1. The van der Waals surface area contributed by atoms with E-state index in [2.05, 4.69) is 4.90 Å². The Bertz CT molecular complexity index is 184. The number of carbonyl (C=O) groups is 1. The molecule has 0 N–H and O–H groups in total. The van der Waals surface area contributed by atoms with Crippen LogP contribution in [0.25, 0.3) is 0 Å². The van der Waals surface area contributed by atoms with Crippen LogP contribution in [0.4, 0.5) is 4.39 Å². The Labute approximate surface area is 85.5 Å². The van der Waals surface area contributed by atoms with Crippen LogP contribution in [0.1, 0.15) is 39.0 Å². The SMILES string of the molecule is CC(=O)CC1CCCCCN1CCF. The van der Waals surface area contributed by atoms with Crippen molar-refractivity contribution in [3.8, 4) is 0 Å². The van der Waals surface area contributed by atoms with Crippen LogP contribution in [-0.4, -0.2) is 36.5 Å². The molecule has 0 bridgehead atoms. The van der Waals surface area contributed by atoms with Crippen molar-refractivity contribution in [1.29, 1.82) is 0 Å². The molecule has 1 unspecified atom stereocenters. The standard InChI is InChI=1S/C11H20FNO/c1-10(14)9-11-5-3-2-4-7-13(11)8-6-12/h11H,2-9H2,1H3. The quantitative estimate of drug-likeness (QED) is 0.695. The number of ketones is 1. The molecular weight excluding hydrogens is 181 g/mol. The van der Waals surface area contributed by atoms with Crippen LogP contribution in [0.3, 0.4) is 0 Å². The van der Waals surface area contributed by atoms with Crippen molar-refractivity contribution in [2.75, 3.05) is 19.8 Å². The van der Waals surface area contributed by atoms with Crippen LogP contribution in [0, 0.1) is 0 Å². The van der Waals surface area contributed by atoms with E-state index in [1.807, 2.05) is 0 Å². The van der Waals surface area contributed by atoms with Gasteiger partial charge in [-0.05, 0) is 26.3 Å². The summed E-state index contributed by atoms with van der Waals surface area (Å²) in [7, 11) is 0. The van der Waals surface area contributed by atoms with Crippen molar-refractivity contribution in [3.63, 3.8) is 0 Å². The maximum atomic E-state index is 12.3. The zero-order chi connectivity index (χ0) is 10.4. The molecule has 3 heteroatoms. The van der Waals surface area contributed by atoms with Gasteiger partial charge in [0.25, 0.3) is 0 Å². The van der Waals surface area contributed by atoms with E-state index < -0.39 is 0 Å². The van der Waals surface area contributed by atoms with E-state index in [0.29, 0.717) is 19.0 Å². The van der Waals surface area contributed by atoms with Gasteiger partial charge in [-0.2, -0.15) is 0 Å². The summed E-state index contributed by atoms with van der Waals surface area (Å²) in [6.07, 6.45) is 5.20. The van der Waals surface area contributed by atoms with Gasteiger partial charge in [-0.15, -0.1) is 0 Å². The Hall–Kier alpha value is -0.440. The van der Waals surface area contributed by atoms with Gasteiger partial charge in [0.1, 0.15) is 12.5 Å². The second-order valence-corrected chi connectivity index (χ2v) is 4.13. The van der Waals surface area contributed by atoms with Gasteiger partial charge in [-0.1, -0.05) is 12.8 Å². The number of Topliss-reactive ketones (excluding diaryl/α,β-unsaturated/α-hetero) is 1. The van der Waals surface area contributed by atoms with Gasteiger partial charge in [0.05, 0.1) is 0 Å². The third kappa shape index (κ3) is 3.74. The molecule has 1 fully saturated rings. The molecule has 82 valence electrons. The lowest BCUT2D eigenvalue weighted by molar-refractivity contribution is -0.118. The zero-order valence-electron chi connectivity index (χ0n) is 8.97. The fourth-order valence-corrected chi connectivity index (χ4v) is 2.20. The first-order valence-electron chi connectivity index (χ1n) is 5.53. The predicted molar refractivity (Wildman–Crippen MR) is 55.1 cm³/mol. The van der Waals surface area contributed by atoms with Gasteiger partial charge < -0.3 is 0 Å². The minimum absolute atomic E-state index is 0.223. The highest BCUT2D eigenvalue weighted by atomic mass is 19.1. The minimum atomic E-state index is -0.297. The molecule has 1 aliphatic rings. The van der Waals surface area contributed by atoms with E-state index in [9.17, 15) is 9.18 Å². The van der Waals surface area contributed by atoms with Gasteiger partial charge >= 0.3 is 0 Å². The summed E-state index contributed by atoms with van der Waals surface area (Å²) < 4.78 is 12.3. The Kier molecular flexibility index (Phi) is 5.09. The maximum absolute atomic E-state index is 12.3. The molecule has 0 aromatic heterocycles. The largest absolute Gasteiger partial charge is 0.300 e. The lowest BCUT2D eigenvalue weighted by Gasteiger charge is -2.28. The molecule has 1 aliphatic heterocycles. The normalized spacial score (nSPS) is 24.6. The van der Waals surface area contributed by atoms with Crippen molar-refractivity contribution in [2.45, 2.75) is 45.1 Å². The van der Waals surface area contributed by atoms with E-state index in [1.165, 1.54) is 12.8 Å². The number of alkyl halides is 1. The smallest absolute Gasteiger partial charge is 0.131 e. The highest BCUT2D eigenvalue weighted by Crippen LogP contribution is 2.19. The van der Waals surface area contributed by atoms with Crippen LogP contribution < -0.4 is 0 Å². The Balaban J connectivity index is 2.49. The number of rotatable bonds is 4. The molecule has 0 saturated carbocycles. The molecule has 0 radical (unpaired) electrons. The number of hydrogen-bond acceptors (Lipinski definition) is 2. The Morgan fingerprint density at radius 2 is 2.21 bits per heavy atom. The molecule has 14 heavy (non-hydrogen) atoms. The minimum Gasteiger partial charge on any atom is -0.300 e. The molecule has 1 atom stereocenters. The van der Waals surface area contributed by atoms with Crippen LogP contribution in [0.5, 0.6) is 0 Å². The van der Waals surface area contributed by atoms with E-state index in [4.69, 9.17) is 0 Å². The van der Waals surface area contributed by atoms with Gasteiger partial charge in [0.15, 0.2) is 0 Å². The van der Waals surface area contributed by atoms with Crippen LogP contribution in [-0.2, 0) is 4.79 Å². The maximum Gasteiger partial charge on any atom is 0.131 e. The number of hydrogen-bond donors (Lipinski definition) is 0. The molecule has 0 amide bonds. The monoisotopic (exact) mass is 201 g/mol. The molecule has 1 heterocycles. The number of halogens is 1. The average molecular weight is 201 g/mol. The van der Waals surface area contributed by atoms with E-state index in [0.717, 1.165) is 19.4 Å². The summed E-state index contributed by atoms with van der Waals surface area (Å²) >= 11 is 0. The van der Waals surface area contributed by atoms with Gasteiger partial charge in [0, 0.05) is 19.0 Å². The van der Waals surface area contributed by atoms with Crippen molar-refractivity contribution < 1.29 is 9.18 Å². The molecule has 0 aromatic carbocycles. The highest BCUT2D eigenvalue weighted by molar-refractivity contribution is 5.76. The topological polar surface area (TPSA) is 20.3 Å². The number of carbonyl (C=O) groups excluding carboxylic acids is 1.